The van der Waals surface area contributed by atoms with Gasteiger partial charge in [-0.1, -0.05) is 0 Å². The molecule has 0 bridgehead atoms. The third kappa shape index (κ3) is 1.69. The van der Waals surface area contributed by atoms with Gasteiger partial charge in [0, 0.05) is 16.0 Å². The first-order valence-corrected chi connectivity index (χ1v) is 6.62. The van der Waals surface area contributed by atoms with E-state index in [2.05, 4.69) is 36.4 Å². The molecule has 2 heterocycles. The molecule has 0 amide bonds. The molecule has 0 aromatic carbocycles. The van der Waals surface area contributed by atoms with Crippen LogP contribution in [-0.4, -0.2) is 6.34 Å². The summed E-state index contributed by atoms with van der Waals surface area (Å²) in [5.41, 5.74) is 2.88. The summed E-state index contributed by atoms with van der Waals surface area (Å²) in [4.78, 5) is 7.41. The Morgan fingerprint density at radius 2 is 2.19 bits per heavy atom. The number of nitrogens with one attached hydrogen (secondary N) is 1. The molecule has 1 aliphatic carbocycles. The van der Waals surface area contributed by atoms with Crippen LogP contribution in [0, 0.1) is 19.8 Å². The van der Waals surface area contributed by atoms with Gasteiger partial charge in [-0.3, -0.25) is 4.99 Å². The molecule has 1 N–H and O–H groups in total. The fraction of sp³-hybridized carbons (Fsp3) is 0.462. The van der Waals surface area contributed by atoms with Crippen LogP contribution < -0.4 is 5.32 Å². The van der Waals surface area contributed by atoms with Gasteiger partial charge in [-0.2, -0.15) is 0 Å². The molecular weight excluding hydrogens is 216 g/mol. The molecule has 0 saturated heterocycles. The topological polar surface area (TPSA) is 24.4 Å². The fourth-order valence-corrected chi connectivity index (χ4v) is 3.31. The van der Waals surface area contributed by atoms with E-state index in [9.17, 15) is 0 Å². The van der Waals surface area contributed by atoms with E-state index >= 15 is 0 Å². The van der Waals surface area contributed by atoms with E-state index in [-0.39, 0.29) is 6.04 Å². The molecule has 2 aliphatic rings. The maximum Gasteiger partial charge on any atom is 0.101 e. The van der Waals surface area contributed by atoms with Crippen LogP contribution in [-0.2, 0) is 0 Å². The summed E-state index contributed by atoms with van der Waals surface area (Å²) in [7, 11) is 0. The van der Waals surface area contributed by atoms with Gasteiger partial charge in [0.05, 0.1) is 6.34 Å². The Bertz CT molecular complexity index is 466. The van der Waals surface area contributed by atoms with Gasteiger partial charge in [-0.25, -0.2) is 0 Å². The quantitative estimate of drug-likeness (QED) is 0.831. The van der Waals surface area contributed by atoms with E-state index in [0.717, 1.165) is 5.92 Å². The van der Waals surface area contributed by atoms with E-state index in [1.807, 2.05) is 17.7 Å². The van der Waals surface area contributed by atoms with Crippen LogP contribution in [0.25, 0.3) is 0 Å². The van der Waals surface area contributed by atoms with Crippen LogP contribution in [0.1, 0.15) is 34.2 Å². The van der Waals surface area contributed by atoms with Gasteiger partial charge in [0.1, 0.15) is 6.04 Å². The minimum atomic E-state index is 0.277. The lowest BCUT2D eigenvalue weighted by molar-refractivity contribution is 0.745. The highest BCUT2D eigenvalue weighted by Gasteiger charge is 2.33. The average molecular weight is 232 g/mol. The number of thiophene rings is 1. The summed E-state index contributed by atoms with van der Waals surface area (Å²) in [5, 5.41) is 3.13. The predicted octanol–water partition coefficient (Wildman–Crippen LogP) is 3.33. The molecule has 0 spiro atoms. The van der Waals surface area contributed by atoms with Crippen molar-refractivity contribution in [1.29, 1.82) is 0 Å². The highest BCUT2D eigenvalue weighted by atomic mass is 32.1. The number of nitrogens with zero attached hydrogens (tertiary/aromatic N) is 1. The predicted molar refractivity (Wildman–Crippen MR) is 69.0 cm³/mol. The Balaban J connectivity index is 1.97. The van der Waals surface area contributed by atoms with Crippen LogP contribution in [0.2, 0.25) is 0 Å². The Hall–Kier alpha value is -1.09. The van der Waals surface area contributed by atoms with Crippen LogP contribution in [0.4, 0.5) is 0 Å². The average Bonchev–Trinajstić information content (AvgIpc) is 3.05. The number of aliphatic imine (C=N–C) groups is 1. The number of hydrogen-bond acceptors (Lipinski definition) is 3. The molecule has 2 nitrogen and oxygen atoms in total. The Morgan fingerprint density at radius 3 is 2.81 bits per heavy atom. The molecule has 3 rings (SSSR count). The zero-order valence-corrected chi connectivity index (χ0v) is 10.5. The summed E-state index contributed by atoms with van der Waals surface area (Å²) in [5.74, 6) is 0.773. The van der Waals surface area contributed by atoms with E-state index < -0.39 is 0 Å². The number of aryl methyl sites for hydroxylation is 2. The second-order valence-electron chi connectivity index (χ2n) is 4.63. The van der Waals surface area contributed by atoms with Crippen molar-refractivity contribution >= 4 is 17.7 Å². The summed E-state index contributed by atoms with van der Waals surface area (Å²) in [6.45, 7) is 4.38. The molecule has 1 saturated carbocycles. The minimum absolute atomic E-state index is 0.277. The normalized spacial score (nSPS) is 24.1. The first-order valence-electron chi connectivity index (χ1n) is 5.80. The maximum atomic E-state index is 4.62. The number of rotatable bonds is 2. The van der Waals surface area contributed by atoms with Crippen molar-refractivity contribution in [2.75, 3.05) is 0 Å². The third-order valence-electron chi connectivity index (χ3n) is 3.29. The summed E-state index contributed by atoms with van der Waals surface area (Å²) in [6.07, 6.45) is 6.65. The summed E-state index contributed by atoms with van der Waals surface area (Å²) >= 11 is 1.88. The van der Waals surface area contributed by atoms with Crippen molar-refractivity contribution in [3.63, 3.8) is 0 Å². The van der Waals surface area contributed by atoms with E-state index in [0.29, 0.717) is 0 Å². The second-order valence-corrected chi connectivity index (χ2v) is 6.10. The highest BCUT2D eigenvalue weighted by Crippen LogP contribution is 2.45. The van der Waals surface area contributed by atoms with Gasteiger partial charge in [-0.05, 0) is 49.8 Å². The third-order valence-corrected chi connectivity index (χ3v) is 4.27. The van der Waals surface area contributed by atoms with Gasteiger partial charge in [-0.15, -0.1) is 11.3 Å². The van der Waals surface area contributed by atoms with Crippen molar-refractivity contribution in [1.82, 2.24) is 5.32 Å². The molecule has 84 valence electrons. The molecule has 1 aromatic rings. The molecule has 3 heteroatoms. The van der Waals surface area contributed by atoms with Crippen LogP contribution in [0.15, 0.2) is 22.8 Å². The zero-order chi connectivity index (χ0) is 11.1. The van der Waals surface area contributed by atoms with Gasteiger partial charge in [0.2, 0.25) is 0 Å². The Kier molecular flexibility index (Phi) is 2.36. The van der Waals surface area contributed by atoms with Crippen molar-refractivity contribution in [3.05, 3.63) is 33.2 Å². The minimum Gasteiger partial charge on any atom is -0.353 e. The Morgan fingerprint density at radius 1 is 1.38 bits per heavy atom. The fourth-order valence-electron chi connectivity index (χ4n) is 2.36. The molecule has 1 unspecified atom stereocenters. The van der Waals surface area contributed by atoms with E-state index in [1.54, 1.807) is 0 Å². The van der Waals surface area contributed by atoms with E-state index in [1.165, 1.54) is 33.7 Å². The highest BCUT2D eigenvalue weighted by molar-refractivity contribution is 7.12. The standard InChI is InChI=1S/C13H16N2S/c1-8-5-11(9(2)16-8)13-12(10-3-4-10)6-14-7-15-13/h5-7,10,13H,3-4H2,1-2H3,(H,14,15). The monoisotopic (exact) mass is 232 g/mol. The molecule has 1 aromatic heterocycles. The van der Waals surface area contributed by atoms with Gasteiger partial charge >= 0.3 is 0 Å². The van der Waals surface area contributed by atoms with Crippen molar-refractivity contribution in [3.8, 4) is 0 Å². The number of hydrogen-bond donors (Lipinski definition) is 1. The molecule has 0 radical (unpaired) electrons. The van der Waals surface area contributed by atoms with Crippen LogP contribution >= 0.6 is 11.3 Å². The lowest BCUT2D eigenvalue weighted by Crippen LogP contribution is -2.15. The first kappa shape index (κ1) is 10.1. The second kappa shape index (κ2) is 3.74. The molecule has 1 atom stereocenters. The first-order chi connectivity index (χ1) is 7.75. The molecule has 16 heavy (non-hydrogen) atoms. The zero-order valence-electron chi connectivity index (χ0n) is 9.66. The lowest BCUT2D eigenvalue weighted by Gasteiger charge is -2.19. The van der Waals surface area contributed by atoms with Crippen molar-refractivity contribution < 1.29 is 0 Å². The van der Waals surface area contributed by atoms with Gasteiger partial charge in [0.25, 0.3) is 0 Å². The Labute approximate surface area is 100 Å². The largest absolute Gasteiger partial charge is 0.353 e. The summed E-state index contributed by atoms with van der Waals surface area (Å²) in [6, 6.07) is 2.57. The molecule has 1 aliphatic heterocycles. The summed E-state index contributed by atoms with van der Waals surface area (Å²) < 4.78 is 0. The lowest BCUT2D eigenvalue weighted by atomic mass is 9.96. The maximum absolute atomic E-state index is 4.62. The molecular formula is C13H16N2S. The van der Waals surface area contributed by atoms with Crippen LogP contribution in [0.5, 0.6) is 0 Å². The van der Waals surface area contributed by atoms with Crippen molar-refractivity contribution in [2.24, 2.45) is 10.9 Å². The van der Waals surface area contributed by atoms with Crippen LogP contribution in [0.3, 0.4) is 0 Å². The smallest absolute Gasteiger partial charge is 0.101 e. The SMILES string of the molecule is Cc1cc(C2N=CNC=C2C2CC2)c(C)s1. The van der Waals surface area contributed by atoms with Gasteiger partial charge < -0.3 is 5.32 Å². The van der Waals surface area contributed by atoms with Gasteiger partial charge in [0.15, 0.2) is 0 Å². The molecule has 1 fully saturated rings. The van der Waals surface area contributed by atoms with Crippen molar-refractivity contribution in [2.45, 2.75) is 32.7 Å². The van der Waals surface area contributed by atoms with E-state index in [4.69, 9.17) is 0 Å².